The predicted octanol–water partition coefficient (Wildman–Crippen LogP) is 2.30. The fraction of sp³-hybridized carbons (Fsp3) is 0.300. The van der Waals surface area contributed by atoms with Crippen LogP contribution in [0.3, 0.4) is 0 Å². The van der Waals surface area contributed by atoms with Gasteiger partial charge in [-0.2, -0.15) is 0 Å². The number of carbonyl (C=O) groups is 1. The van der Waals surface area contributed by atoms with Gasteiger partial charge in [0.05, 0.1) is 17.6 Å². The van der Waals surface area contributed by atoms with Crippen LogP contribution in [0, 0.1) is 0 Å². The fourth-order valence-electron chi connectivity index (χ4n) is 1.15. The molecule has 2 N–H and O–H groups in total. The number of anilines is 1. The monoisotopic (exact) mass is 257 g/mol. The van der Waals surface area contributed by atoms with Gasteiger partial charge in [-0.3, -0.25) is 4.79 Å². The lowest BCUT2D eigenvalue weighted by molar-refractivity contribution is -0.116. The van der Waals surface area contributed by atoms with Crippen molar-refractivity contribution in [1.29, 1.82) is 0 Å². The Balaban J connectivity index is 3.02. The molecule has 1 aromatic carbocycles. The van der Waals surface area contributed by atoms with Crippen molar-refractivity contribution in [2.24, 2.45) is 0 Å². The second-order valence-corrected chi connectivity index (χ2v) is 3.89. The van der Waals surface area contributed by atoms with E-state index in [9.17, 15) is 4.79 Å². The summed E-state index contributed by atoms with van der Waals surface area (Å²) in [5, 5.41) is 0. The molecule has 3 nitrogen and oxygen atoms in total. The Kier molecular flexibility index (Phi) is 3.52. The number of Topliss-reactive ketones (excluding diaryl/α,β-unsaturated/α-hetero) is 1. The minimum Gasteiger partial charge on any atom is -0.495 e. The third kappa shape index (κ3) is 2.26. The van der Waals surface area contributed by atoms with E-state index in [0.29, 0.717) is 11.4 Å². The van der Waals surface area contributed by atoms with Crippen molar-refractivity contribution in [3.05, 3.63) is 23.8 Å². The van der Waals surface area contributed by atoms with E-state index in [4.69, 9.17) is 10.5 Å². The van der Waals surface area contributed by atoms with E-state index in [1.807, 2.05) is 6.07 Å². The molecule has 76 valence electrons. The molecule has 0 bridgehead atoms. The number of rotatable bonds is 3. The topological polar surface area (TPSA) is 52.3 Å². The maximum Gasteiger partial charge on any atom is 0.147 e. The highest BCUT2D eigenvalue weighted by Crippen LogP contribution is 2.29. The Morgan fingerprint density at radius 1 is 1.57 bits per heavy atom. The number of ketones is 1. The molecule has 0 fully saturated rings. The second kappa shape index (κ2) is 4.46. The maximum absolute atomic E-state index is 11.1. The number of methoxy groups -OCH3 is 1. The van der Waals surface area contributed by atoms with E-state index in [-0.39, 0.29) is 10.6 Å². The van der Waals surface area contributed by atoms with Gasteiger partial charge < -0.3 is 10.5 Å². The lowest BCUT2D eigenvalue weighted by atomic mass is 10.1. The van der Waals surface area contributed by atoms with Crippen LogP contribution in [0.25, 0.3) is 0 Å². The van der Waals surface area contributed by atoms with Crippen molar-refractivity contribution in [3.8, 4) is 5.75 Å². The van der Waals surface area contributed by atoms with E-state index in [0.717, 1.165) is 5.56 Å². The summed E-state index contributed by atoms with van der Waals surface area (Å²) < 4.78 is 5.01. The zero-order valence-electron chi connectivity index (χ0n) is 8.08. The van der Waals surface area contributed by atoms with E-state index in [2.05, 4.69) is 15.9 Å². The molecule has 4 heteroatoms. The van der Waals surface area contributed by atoms with Gasteiger partial charge in [-0.25, -0.2) is 0 Å². The lowest BCUT2D eigenvalue weighted by Crippen LogP contribution is -2.02. The fourth-order valence-corrected chi connectivity index (χ4v) is 1.43. The number of hydrogen-bond acceptors (Lipinski definition) is 3. The minimum atomic E-state index is -0.296. The van der Waals surface area contributed by atoms with Crippen molar-refractivity contribution in [2.75, 3.05) is 12.8 Å². The molecule has 0 aliphatic heterocycles. The highest BCUT2D eigenvalue weighted by atomic mass is 79.9. The first kappa shape index (κ1) is 11.0. The predicted molar refractivity (Wildman–Crippen MR) is 59.8 cm³/mol. The molecule has 14 heavy (non-hydrogen) atoms. The molecule has 0 spiro atoms. The van der Waals surface area contributed by atoms with Gasteiger partial charge in [0.2, 0.25) is 0 Å². The summed E-state index contributed by atoms with van der Waals surface area (Å²) in [6.45, 7) is 1.53. The second-order valence-electron chi connectivity index (χ2n) is 2.97. The van der Waals surface area contributed by atoms with E-state index in [1.54, 1.807) is 19.2 Å². The number of hydrogen-bond donors (Lipinski definition) is 1. The van der Waals surface area contributed by atoms with Gasteiger partial charge in [-0.15, -0.1) is 0 Å². The van der Waals surface area contributed by atoms with E-state index >= 15 is 0 Å². The van der Waals surface area contributed by atoms with Crippen molar-refractivity contribution in [3.63, 3.8) is 0 Å². The Morgan fingerprint density at radius 2 is 2.21 bits per heavy atom. The molecule has 0 aliphatic carbocycles. The molecule has 0 amide bonds. The number of nitrogens with two attached hydrogens (primary N) is 1. The Morgan fingerprint density at radius 3 is 2.64 bits per heavy atom. The normalized spacial score (nSPS) is 12.2. The highest BCUT2D eigenvalue weighted by Gasteiger charge is 2.13. The number of halogens is 1. The first-order chi connectivity index (χ1) is 6.56. The van der Waals surface area contributed by atoms with Gasteiger partial charge in [0.1, 0.15) is 11.5 Å². The summed E-state index contributed by atoms with van der Waals surface area (Å²) in [7, 11) is 1.56. The summed E-state index contributed by atoms with van der Waals surface area (Å²) in [4.78, 5) is 10.8. The van der Waals surface area contributed by atoms with Crippen molar-refractivity contribution < 1.29 is 9.53 Å². The van der Waals surface area contributed by atoms with Crippen molar-refractivity contribution in [2.45, 2.75) is 11.8 Å². The summed E-state index contributed by atoms with van der Waals surface area (Å²) in [5.41, 5.74) is 7.09. The highest BCUT2D eigenvalue weighted by molar-refractivity contribution is 9.09. The number of alkyl halides is 1. The van der Waals surface area contributed by atoms with Gasteiger partial charge in [-0.1, -0.05) is 22.0 Å². The molecule has 1 atom stereocenters. The first-order valence-corrected chi connectivity index (χ1v) is 5.05. The van der Waals surface area contributed by atoms with E-state index < -0.39 is 0 Å². The van der Waals surface area contributed by atoms with E-state index in [1.165, 1.54) is 6.92 Å². The standard InChI is InChI=1S/C10H12BrNO2/c1-6(13)10(11)7-3-4-9(14-2)8(12)5-7/h3-5,10H,12H2,1-2H3. The lowest BCUT2D eigenvalue weighted by Gasteiger charge is -2.09. The Labute approximate surface area is 91.4 Å². The SMILES string of the molecule is COc1ccc(C(Br)C(C)=O)cc1N. The molecule has 1 unspecified atom stereocenters. The number of benzene rings is 1. The molecule has 0 saturated carbocycles. The third-order valence-corrected chi connectivity index (χ3v) is 3.08. The number of carbonyl (C=O) groups excluding carboxylic acids is 1. The van der Waals surface area contributed by atoms with Gasteiger partial charge in [-0.05, 0) is 24.6 Å². The molecular weight excluding hydrogens is 246 g/mol. The van der Waals surface area contributed by atoms with Gasteiger partial charge in [0, 0.05) is 0 Å². The summed E-state index contributed by atoms with van der Waals surface area (Å²) in [5.74, 6) is 0.673. The van der Waals surface area contributed by atoms with Crippen LogP contribution in [0.5, 0.6) is 5.75 Å². The average Bonchev–Trinajstić information content (AvgIpc) is 2.16. The molecule has 1 rings (SSSR count). The summed E-state index contributed by atoms with van der Waals surface area (Å²) in [6.07, 6.45) is 0. The van der Waals surface area contributed by atoms with Gasteiger partial charge in [0.25, 0.3) is 0 Å². The minimum absolute atomic E-state index is 0.0505. The smallest absolute Gasteiger partial charge is 0.147 e. The molecular formula is C10H12BrNO2. The third-order valence-electron chi connectivity index (χ3n) is 1.90. The van der Waals surface area contributed by atoms with Crippen LogP contribution in [0.15, 0.2) is 18.2 Å². The van der Waals surface area contributed by atoms with Crippen LogP contribution in [-0.2, 0) is 4.79 Å². The summed E-state index contributed by atoms with van der Waals surface area (Å²) >= 11 is 3.29. The van der Waals surface area contributed by atoms with Crippen molar-refractivity contribution >= 4 is 27.4 Å². The molecule has 0 heterocycles. The molecule has 0 aromatic heterocycles. The van der Waals surface area contributed by atoms with Crippen LogP contribution in [0.2, 0.25) is 0 Å². The largest absolute Gasteiger partial charge is 0.495 e. The van der Waals surface area contributed by atoms with Crippen LogP contribution < -0.4 is 10.5 Å². The maximum atomic E-state index is 11.1. The summed E-state index contributed by atoms with van der Waals surface area (Å²) in [6, 6.07) is 5.30. The van der Waals surface area contributed by atoms with Gasteiger partial charge >= 0.3 is 0 Å². The van der Waals surface area contributed by atoms with Crippen molar-refractivity contribution in [1.82, 2.24) is 0 Å². The first-order valence-electron chi connectivity index (χ1n) is 4.14. The molecule has 1 aromatic rings. The van der Waals surface area contributed by atoms with Crippen LogP contribution >= 0.6 is 15.9 Å². The zero-order chi connectivity index (χ0) is 10.7. The number of ether oxygens (including phenoxy) is 1. The Bertz CT molecular complexity index is 352. The van der Waals surface area contributed by atoms with Gasteiger partial charge in [0.15, 0.2) is 0 Å². The number of nitrogen functional groups attached to an aromatic ring is 1. The average molecular weight is 258 g/mol. The zero-order valence-corrected chi connectivity index (χ0v) is 9.67. The Hall–Kier alpha value is -1.03. The molecule has 0 radical (unpaired) electrons. The van der Waals surface area contributed by atoms with Crippen LogP contribution in [0.1, 0.15) is 17.3 Å². The molecule has 0 saturated heterocycles. The van der Waals surface area contributed by atoms with Crippen LogP contribution in [-0.4, -0.2) is 12.9 Å². The molecule has 0 aliphatic rings. The van der Waals surface area contributed by atoms with Crippen LogP contribution in [0.4, 0.5) is 5.69 Å². The quantitative estimate of drug-likeness (QED) is 0.668.